The number of rotatable bonds is 4. The van der Waals surface area contributed by atoms with Gasteiger partial charge in [-0.3, -0.25) is 0 Å². The first-order chi connectivity index (χ1) is 9.47. The van der Waals surface area contributed by atoms with E-state index in [1.165, 1.54) is 12.1 Å². The maximum Gasteiger partial charge on any atom is 0.123 e. The average Bonchev–Trinajstić information content (AvgIpc) is 2.41. The van der Waals surface area contributed by atoms with Crippen LogP contribution in [0.4, 0.5) is 4.39 Å². The second-order valence-electron chi connectivity index (χ2n) is 5.93. The molecule has 0 radical (unpaired) electrons. The van der Waals surface area contributed by atoms with E-state index >= 15 is 0 Å². The summed E-state index contributed by atoms with van der Waals surface area (Å²) in [4.78, 5) is 8.12. The van der Waals surface area contributed by atoms with Gasteiger partial charge in [-0.1, -0.05) is 32.9 Å². The normalized spacial score (nSPS) is 13.2. The Balaban J connectivity index is 2.14. The Hall–Kier alpha value is -1.81. The van der Waals surface area contributed by atoms with Gasteiger partial charge in [-0.15, -0.1) is 0 Å². The Morgan fingerprint density at radius 3 is 2.40 bits per heavy atom. The van der Waals surface area contributed by atoms with Crippen molar-refractivity contribution in [1.82, 2.24) is 15.3 Å². The predicted molar refractivity (Wildman–Crippen MR) is 77.5 cm³/mol. The third-order valence-corrected chi connectivity index (χ3v) is 3.20. The molecule has 2 rings (SSSR count). The Morgan fingerprint density at radius 1 is 1.15 bits per heavy atom. The highest BCUT2D eigenvalue weighted by molar-refractivity contribution is 5.22. The van der Waals surface area contributed by atoms with Crippen LogP contribution in [0.1, 0.15) is 38.1 Å². The van der Waals surface area contributed by atoms with Gasteiger partial charge in [0.05, 0.1) is 5.69 Å². The van der Waals surface area contributed by atoms with Gasteiger partial charge >= 0.3 is 0 Å². The van der Waals surface area contributed by atoms with Crippen LogP contribution in [0.2, 0.25) is 0 Å². The van der Waals surface area contributed by atoms with Crippen molar-refractivity contribution in [1.29, 1.82) is 0 Å². The highest BCUT2D eigenvalue weighted by Gasteiger charge is 2.25. The number of nitrogens with one attached hydrogen (secondary N) is 1. The van der Waals surface area contributed by atoms with E-state index in [1.54, 1.807) is 12.5 Å². The van der Waals surface area contributed by atoms with Gasteiger partial charge in [-0.2, -0.15) is 0 Å². The van der Waals surface area contributed by atoms with Gasteiger partial charge in [0.1, 0.15) is 12.1 Å². The van der Waals surface area contributed by atoms with Gasteiger partial charge < -0.3 is 5.32 Å². The summed E-state index contributed by atoms with van der Waals surface area (Å²) in [6, 6.07) is 8.67. The fourth-order valence-corrected chi connectivity index (χ4v) is 2.21. The second-order valence-corrected chi connectivity index (χ2v) is 5.93. The average molecular weight is 273 g/mol. The fourth-order valence-electron chi connectivity index (χ4n) is 2.21. The van der Waals surface area contributed by atoms with Crippen LogP contribution in [0.25, 0.3) is 0 Å². The molecule has 0 aliphatic rings. The number of halogens is 1. The first kappa shape index (κ1) is 14.6. The summed E-state index contributed by atoms with van der Waals surface area (Å²) in [5.41, 5.74) is 2.04. The topological polar surface area (TPSA) is 37.8 Å². The van der Waals surface area contributed by atoms with Crippen molar-refractivity contribution in [2.24, 2.45) is 5.41 Å². The zero-order chi connectivity index (χ0) is 14.6. The lowest BCUT2D eigenvalue weighted by Crippen LogP contribution is -2.32. The molecule has 20 heavy (non-hydrogen) atoms. The van der Waals surface area contributed by atoms with E-state index in [9.17, 15) is 4.39 Å². The number of hydrogen-bond donors (Lipinski definition) is 1. The van der Waals surface area contributed by atoms with Crippen molar-refractivity contribution < 1.29 is 4.39 Å². The lowest BCUT2D eigenvalue weighted by molar-refractivity contribution is 0.270. The Kier molecular flexibility index (Phi) is 4.45. The van der Waals surface area contributed by atoms with E-state index in [0.717, 1.165) is 11.3 Å². The molecule has 0 saturated carbocycles. The van der Waals surface area contributed by atoms with E-state index in [4.69, 9.17) is 0 Å². The van der Waals surface area contributed by atoms with E-state index < -0.39 is 0 Å². The Labute approximate surface area is 119 Å². The third-order valence-electron chi connectivity index (χ3n) is 3.20. The molecule has 0 aliphatic carbocycles. The van der Waals surface area contributed by atoms with Gasteiger partial charge in [0, 0.05) is 18.8 Å². The van der Waals surface area contributed by atoms with E-state index in [1.807, 2.05) is 18.2 Å². The third kappa shape index (κ3) is 3.84. The van der Waals surface area contributed by atoms with Gasteiger partial charge in [0.2, 0.25) is 0 Å². The van der Waals surface area contributed by atoms with Crippen molar-refractivity contribution in [2.75, 3.05) is 0 Å². The number of nitrogens with zero attached hydrogens (tertiary/aromatic N) is 2. The smallest absolute Gasteiger partial charge is 0.123 e. The predicted octanol–water partition coefficient (Wildman–Crippen LogP) is 3.49. The summed E-state index contributed by atoms with van der Waals surface area (Å²) in [6.07, 6.45) is 3.27. The molecule has 0 amide bonds. The lowest BCUT2D eigenvalue weighted by atomic mass is 9.82. The minimum atomic E-state index is -0.211. The largest absolute Gasteiger partial charge is 0.304 e. The van der Waals surface area contributed by atoms with E-state index in [-0.39, 0.29) is 17.3 Å². The van der Waals surface area contributed by atoms with Crippen LogP contribution in [0, 0.1) is 11.2 Å². The Morgan fingerprint density at radius 2 is 1.85 bits per heavy atom. The molecule has 0 spiro atoms. The zero-order valence-corrected chi connectivity index (χ0v) is 12.1. The van der Waals surface area contributed by atoms with Crippen LogP contribution >= 0.6 is 0 Å². The van der Waals surface area contributed by atoms with Gasteiger partial charge in [-0.05, 0) is 29.2 Å². The molecule has 0 saturated heterocycles. The molecular formula is C16H20FN3. The van der Waals surface area contributed by atoms with Gasteiger partial charge in [0.15, 0.2) is 0 Å². The minimum absolute atomic E-state index is 0.0187. The standard InChI is InChI=1S/C16H20FN3/c1-16(2,3)15(12-4-6-13(17)7-5-12)19-10-14-8-9-18-11-20-14/h4-9,11,15,19H,10H2,1-3H3. The summed E-state index contributed by atoms with van der Waals surface area (Å²) in [7, 11) is 0. The molecule has 1 atom stereocenters. The highest BCUT2D eigenvalue weighted by Crippen LogP contribution is 2.32. The summed E-state index contributed by atoms with van der Waals surface area (Å²) < 4.78 is 13.1. The molecule has 3 nitrogen and oxygen atoms in total. The molecule has 1 heterocycles. The van der Waals surface area contributed by atoms with Crippen LogP contribution < -0.4 is 5.32 Å². The molecular weight excluding hydrogens is 253 g/mol. The van der Waals surface area contributed by atoms with Crippen molar-refractivity contribution in [2.45, 2.75) is 33.4 Å². The summed E-state index contributed by atoms with van der Waals surface area (Å²) in [5, 5.41) is 3.50. The monoisotopic (exact) mass is 273 g/mol. The number of hydrogen-bond acceptors (Lipinski definition) is 3. The maximum absolute atomic E-state index is 13.1. The van der Waals surface area contributed by atoms with Crippen LogP contribution in [-0.4, -0.2) is 9.97 Å². The SMILES string of the molecule is CC(C)(C)C(NCc1ccncn1)c1ccc(F)cc1. The minimum Gasteiger partial charge on any atom is -0.304 e. The van der Waals surface area contributed by atoms with Crippen molar-refractivity contribution in [3.63, 3.8) is 0 Å². The summed E-state index contributed by atoms with van der Waals surface area (Å²) in [6.45, 7) is 7.14. The summed E-state index contributed by atoms with van der Waals surface area (Å²) >= 11 is 0. The van der Waals surface area contributed by atoms with Crippen molar-refractivity contribution in [3.8, 4) is 0 Å². The zero-order valence-electron chi connectivity index (χ0n) is 12.1. The van der Waals surface area contributed by atoms with E-state index in [2.05, 4.69) is 36.1 Å². The second kappa shape index (κ2) is 6.09. The van der Waals surface area contributed by atoms with Crippen LogP contribution in [0.5, 0.6) is 0 Å². The quantitative estimate of drug-likeness (QED) is 0.926. The van der Waals surface area contributed by atoms with Crippen molar-refractivity contribution >= 4 is 0 Å². The molecule has 0 bridgehead atoms. The molecule has 0 fully saturated rings. The first-order valence-corrected chi connectivity index (χ1v) is 6.70. The van der Waals surface area contributed by atoms with Gasteiger partial charge in [0.25, 0.3) is 0 Å². The van der Waals surface area contributed by atoms with Crippen LogP contribution in [-0.2, 0) is 6.54 Å². The fraction of sp³-hybridized carbons (Fsp3) is 0.375. The van der Waals surface area contributed by atoms with Gasteiger partial charge in [-0.25, -0.2) is 14.4 Å². The van der Waals surface area contributed by atoms with E-state index in [0.29, 0.717) is 6.54 Å². The first-order valence-electron chi connectivity index (χ1n) is 6.70. The lowest BCUT2D eigenvalue weighted by Gasteiger charge is -2.32. The van der Waals surface area contributed by atoms with Crippen LogP contribution in [0.15, 0.2) is 42.9 Å². The Bertz CT molecular complexity index is 532. The molecule has 1 aromatic heterocycles. The molecule has 1 aromatic carbocycles. The maximum atomic E-state index is 13.1. The molecule has 106 valence electrons. The molecule has 4 heteroatoms. The van der Waals surface area contributed by atoms with Crippen molar-refractivity contribution in [3.05, 3.63) is 59.9 Å². The summed E-state index contributed by atoms with van der Waals surface area (Å²) in [5.74, 6) is -0.211. The molecule has 1 unspecified atom stereocenters. The van der Waals surface area contributed by atoms with Crippen LogP contribution in [0.3, 0.4) is 0 Å². The molecule has 2 aromatic rings. The highest BCUT2D eigenvalue weighted by atomic mass is 19.1. The number of aromatic nitrogens is 2. The molecule has 0 aliphatic heterocycles. The molecule has 1 N–H and O–H groups in total. The number of benzene rings is 1.